The molecule has 0 aliphatic carbocycles. The first-order valence-corrected chi connectivity index (χ1v) is 14.1. The minimum absolute atomic E-state index is 0.0617. The van der Waals surface area contributed by atoms with Crippen LogP contribution < -0.4 is 9.62 Å². The zero-order valence-electron chi connectivity index (χ0n) is 20.2. The Morgan fingerprint density at radius 2 is 1.89 bits per heavy atom. The summed E-state index contributed by atoms with van der Waals surface area (Å²) in [5, 5.41) is 2.60. The van der Waals surface area contributed by atoms with Gasteiger partial charge in [0.2, 0.25) is 5.91 Å². The van der Waals surface area contributed by atoms with Gasteiger partial charge in [-0.05, 0) is 54.8 Å². The van der Waals surface area contributed by atoms with Crippen molar-refractivity contribution in [2.24, 2.45) is 0 Å². The summed E-state index contributed by atoms with van der Waals surface area (Å²) in [6, 6.07) is 11.6. The molecule has 13 heteroatoms. The van der Waals surface area contributed by atoms with Gasteiger partial charge in [-0.3, -0.25) is 9.52 Å². The molecule has 1 unspecified atom stereocenters. The van der Waals surface area contributed by atoms with Crippen molar-refractivity contribution in [3.05, 3.63) is 71.9 Å². The number of sulfonamides is 1. The number of carbonyl (C=O) groups excluding carboxylic acids is 1. The highest BCUT2D eigenvalue weighted by Crippen LogP contribution is 2.32. The Kier molecular flexibility index (Phi) is 6.82. The molecule has 0 radical (unpaired) electrons. The van der Waals surface area contributed by atoms with Crippen LogP contribution in [0.25, 0.3) is 10.9 Å². The van der Waals surface area contributed by atoms with Gasteiger partial charge in [-0.15, -0.1) is 11.3 Å². The highest BCUT2D eigenvalue weighted by atomic mass is 32.2. The number of thiazole rings is 1. The van der Waals surface area contributed by atoms with Crippen LogP contribution in [-0.4, -0.2) is 54.5 Å². The standard InChI is InChI=1S/C25H24F3N5O3S2/c1-17-15-31(20-4-6-21(7-5-20)38(35,36)30-24-29-9-13-37-24)11-12-33(17)23(34)16-32-10-8-18-2-3-19(14-22(18)32)25(26,27)28/h2-10,13-14,17H,11-12,15-16H2,1H3,(H,29,30). The van der Waals surface area contributed by atoms with Crippen molar-refractivity contribution in [1.29, 1.82) is 0 Å². The fourth-order valence-electron chi connectivity index (χ4n) is 4.58. The van der Waals surface area contributed by atoms with Crippen LogP contribution in [-0.2, 0) is 27.5 Å². The number of benzene rings is 2. The Morgan fingerprint density at radius 3 is 2.55 bits per heavy atom. The second kappa shape index (κ2) is 9.95. The molecule has 2 aromatic heterocycles. The largest absolute Gasteiger partial charge is 0.416 e. The normalized spacial score (nSPS) is 16.7. The lowest BCUT2D eigenvalue weighted by atomic mass is 10.1. The van der Waals surface area contributed by atoms with Gasteiger partial charge in [0.25, 0.3) is 10.0 Å². The number of carbonyl (C=O) groups is 1. The van der Waals surface area contributed by atoms with E-state index in [2.05, 4.69) is 14.6 Å². The van der Waals surface area contributed by atoms with Crippen LogP contribution in [0.15, 0.2) is 71.2 Å². The molecule has 0 spiro atoms. The molecule has 8 nitrogen and oxygen atoms in total. The number of anilines is 2. The van der Waals surface area contributed by atoms with Crippen LogP contribution in [0.2, 0.25) is 0 Å². The third-order valence-electron chi connectivity index (χ3n) is 6.52. The molecular weight excluding hydrogens is 539 g/mol. The predicted octanol–water partition coefficient (Wildman–Crippen LogP) is 4.65. The molecule has 1 aliphatic heterocycles. The van der Waals surface area contributed by atoms with Crippen LogP contribution in [0.5, 0.6) is 0 Å². The van der Waals surface area contributed by atoms with Gasteiger partial charge in [0.15, 0.2) is 5.13 Å². The maximum Gasteiger partial charge on any atom is 0.416 e. The fourth-order valence-corrected chi connectivity index (χ4v) is 6.37. The maximum atomic E-state index is 13.2. The number of aromatic nitrogens is 2. The van der Waals surface area contributed by atoms with Crippen LogP contribution in [0.1, 0.15) is 12.5 Å². The molecule has 3 heterocycles. The number of halogens is 3. The van der Waals surface area contributed by atoms with Gasteiger partial charge < -0.3 is 14.4 Å². The van der Waals surface area contributed by atoms with E-state index in [9.17, 15) is 26.4 Å². The number of piperazine rings is 1. The van der Waals surface area contributed by atoms with Crippen LogP contribution in [0, 0.1) is 0 Å². The summed E-state index contributed by atoms with van der Waals surface area (Å²) in [4.78, 5) is 21.0. The molecule has 1 amide bonds. The van der Waals surface area contributed by atoms with Gasteiger partial charge in [0.05, 0.1) is 10.5 Å². The number of nitrogens with one attached hydrogen (secondary N) is 1. The number of alkyl halides is 3. The molecule has 1 aliphatic rings. The average molecular weight is 564 g/mol. The minimum Gasteiger partial charge on any atom is -0.368 e. The molecule has 1 fully saturated rings. The zero-order chi connectivity index (χ0) is 27.1. The lowest BCUT2D eigenvalue weighted by Gasteiger charge is -2.41. The highest BCUT2D eigenvalue weighted by Gasteiger charge is 2.31. The van der Waals surface area contributed by atoms with E-state index in [4.69, 9.17) is 0 Å². The van der Waals surface area contributed by atoms with Crippen molar-refractivity contribution >= 4 is 49.0 Å². The molecule has 1 atom stereocenters. The Bertz CT molecular complexity index is 1550. The van der Waals surface area contributed by atoms with Crippen LogP contribution in [0.3, 0.4) is 0 Å². The molecular formula is C25H24F3N5O3S2. The summed E-state index contributed by atoms with van der Waals surface area (Å²) in [5.74, 6) is -0.179. The number of nitrogens with zero attached hydrogens (tertiary/aromatic N) is 4. The quantitative estimate of drug-likeness (QED) is 0.369. The smallest absolute Gasteiger partial charge is 0.368 e. The lowest BCUT2D eigenvalue weighted by molar-refractivity contribution is -0.137. The van der Waals surface area contributed by atoms with E-state index in [-0.39, 0.29) is 28.5 Å². The van der Waals surface area contributed by atoms with Gasteiger partial charge >= 0.3 is 6.18 Å². The minimum atomic E-state index is -4.46. The second-order valence-corrected chi connectivity index (χ2v) is 11.6. The molecule has 5 rings (SSSR count). The third kappa shape index (κ3) is 5.34. The zero-order valence-corrected chi connectivity index (χ0v) is 21.9. The van der Waals surface area contributed by atoms with Gasteiger partial charge in [0, 0.05) is 54.7 Å². The summed E-state index contributed by atoms with van der Waals surface area (Å²) < 4.78 is 68.6. The van der Waals surface area contributed by atoms with Crippen LogP contribution in [0.4, 0.5) is 24.0 Å². The molecule has 0 bridgehead atoms. The van der Waals surface area contributed by atoms with Gasteiger partial charge in [-0.1, -0.05) is 6.07 Å². The number of fused-ring (bicyclic) bond motifs is 1. The number of amides is 1. The Labute approximate surface area is 221 Å². The summed E-state index contributed by atoms with van der Waals surface area (Å²) >= 11 is 1.19. The van der Waals surface area contributed by atoms with E-state index in [1.54, 1.807) is 39.2 Å². The summed E-state index contributed by atoms with van der Waals surface area (Å²) in [5.41, 5.74) is 0.434. The van der Waals surface area contributed by atoms with Crippen molar-refractivity contribution in [1.82, 2.24) is 14.5 Å². The van der Waals surface area contributed by atoms with Crippen molar-refractivity contribution in [2.45, 2.75) is 30.6 Å². The molecule has 4 aromatic rings. The van der Waals surface area contributed by atoms with Gasteiger partial charge in [0.1, 0.15) is 6.54 Å². The summed E-state index contributed by atoms with van der Waals surface area (Å²) in [6.45, 7) is 3.34. The van der Waals surface area contributed by atoms with Crippen molar-refractivity contribution in [3.8, 4) is 0 Å². The monoisotopic (exact) mass is 563 g/mol. The van der Waals surface area contributed by atoms with E-state index in [0.717, 1.165) is 17.8 Å². The first kappa shape index (κ1) is 26.0. The molecule has 0 saturated carbocycles. The first-order chi connectivity index (χ1) is 18.0. The van der Waals surface area contributed by atoms with E-state index in [1.165, 1.54) is 35.7 Å². The van der Waals surface area contributed by atoms with Gasteiger partial charge in [-0.25, -0.2) is 13.4 Å². The Balaban J connectivity index is 1.24. The molecule has 200 valence electrons. The average Bonchev–Trinajstić information content (AvgIpc) is 3.53. The highest BCUT2D eigenvalue weighted by molar-refractivity contribution is 7.93. The Hall–Kier alpha value is -3.58. The number of hydrogen-bond donors (Lipinski definition) is 1. The van der Waals surface area contributed by atoms with Crippen molar-refractivity contribution in [2.75, 3.05) is 29.3 Å². The number of rotatable bonds is 6. The lowest BCUT2D eigenvalue weighted by Crippen LogP contribution is -2.54. The predicted molar refractivity (Wildman–Crippen MR) is 140 cm³/mol. The molecule has 2 aromatic carbocycles. The van der Waals surface area contributed by atoms with E-state index in [1.807, 2.05) is 6.92 Å². The second-order valence-electron chi connectivity index (χ2n) is 9.03. The Morgan fingerprint density at radius 1 is 1.13 bits per heavy atom. The molecule has 38 heavy (non-hydrogen) atoms. The number of hydrogen-bond acceptors (Lipinski definition) is 6. The fraction of sp³-hybridized carbons (Fsp3) is 0.280. The molecule has 1 N–H and O–H groups in total. The van der Waals surface area contributed by atoms with Gasteiger partial charge in [-0.2, -0.15) is 13.2 Å². The first-order valence-electron chi connectivity index (χ1n) is 11.7. The van der Waals surface area contributed by atoms with E-state index in [0.29, 0.717) is 30.5 Å². The maximum absolute atomic E-state index is 13.2. The van der Waals surface area contributed by atoms with Crippen molar-refractivity contribution < 1.29 is 26.4 Å². The topological polar surface area (TPSA) is 87.5 Å². The van der Waals surface area contributed by atoms with Crippen LogP contribution >= 0.6 is 11.3 Å². The summed E-state index contributed by atoms with van der Waals surface area (Å²) in [6.07, 6.45) is -1.32. The summed E-state index contributed by atoms with van der Waals surface area (Å²) in [7, 11) is -3.75. The SMILES string of the molecule is CC1CN(c2ccc(S(=O)(=O)Nc3nccs3)cc2)CCN1C(=O)Cn1ccc2ccc(C(F)(F)F)cc21. The molecule has 1 saturated heterocycles. The van der Waals surface area contributed by atoms with E-state index < -0.39 is 21.8 Å². The van der Waals surface area contributed by atoms with Crippen molar-refractivity contribution in [3.63, 3.8) is 0 Å². The van der Waals surface area contributed by atoms with E-state index >= 15 is 0 Å². The third-order valence-corrected chi connectivity index (χ3v) is 8.69.